The Hall–Kier alpha value is -2.67. The summed E-state index contributed by atoms with van der Waals surface area (Å²) in [6.07, 6.45) is 1.60. The van der Waals surface area contributed by atoms with Crippen molar-refractivity contribution in [3.63, 3.8) is 0 Å². The second-order valence-electron chi connectivity index (χ2n) is 5.13. The topological polar surface area (TPSA) is 98.7 Å². The molecule has 3 amide bonds. The van der Waals surface area contributed by atoms with Gasteiger partial charge in [0.25, 0.3) is 11.8 Å². The van der Waals surface area contributed by atoms with Gasteiger partial charge in [-0.3, -0.25) is 19.3 Å². The minimum absolute atomic E-state index is 0.0275. The van der Waals surface area contributed by atoms with Crippen LogP contribution in [0.3, 0.4) is 0 Å². The highest BCUT2D eigenvalue weighted by Gasteiger charge is 2.30. The highest BCUT2D eigenvalue weighted by atomic mass is 16.3. The SMILES string of the molecule is CCC(=O)Nc1ccc(NC2=CC(=O)N(CCO)C2=O)c(C)c1. The molecule has 1 heterocycles. The smallest absolute Gasteiger partial charge is 0.277 e. The van der Waals surface area contributed by atoms with E-state index in [1.165, 1.54) is 6.08 Å². The monoisotopic (exact) mass is 317 g/mol. The van der Waals surface area contributed by atoms with Crippen LogP contribution in [-0.2, 0) is 14.4 Å². The van der Waals surface area contributed by atoms with Gasteiger partial charge in [-0.2, -0.15) is 0 Å². The van der Waals surface area contributed by atoms with E-state index in [1.807, 2.05) is 6.92 Å². The minimum Gasteiger partial charge on any atom is -0.395 e. The van der Waals surface area contributed by atoms with Gasteiger partial charge in [0.1, 0.15) is 5.70 Å². The number of rotatable bonds is 6. The van der Waals surface area contributed by atoms with Gasteiger partial charge in [-0.05, 0) is 30.7 Å². The quantitative estimate of drug-likeness (QED) is 0.680. The Morgan fingerprint density at radius 1 is 1.30 bits per heavy atom. The summed E-state index contributed by atoms with van der Waals surface area (Å²) in [6.45, 7) is 3.30. The number of aliphatic hydroxyl groups excluding tert-OH is 1. The number of β-amino-alcohol motifs (C(OH)–C–C–N with tert-alkyl or cyclic N) is 1. The molecular weight excluding hydrogens is 298 g/mol. The summed E-state index contributed by atoms with van der Waals surface area (Å²) < 4.78 is 0. The molecule has 1 aromatic carbocycles. The van der Waals surface area contributed by atoms with Crippen LogP contribution >= 0.6 is 0 Å². The lowest BCUT2D eigenvalue weighted by Crippen LogP contribution is -2.34. The van der Waals surface area contributed by atoms with Gasteiger partial charge in [0, 0.05) is 23.9 Å². The van der Waals surface area contributed by atoms with Crippen molar-refractivity contribution < 1.29 is 19.5 Å². The number of hydrogen-bond donors (Lipinski definition) is 3. The molecule has 7 heteroatoms. The van der Waals surface area contributed by atoms with Gasteiger partial charge in [0.2, 0.25) is 5.91 Å². The molecule has 0 fully saturated rings. The number of aliphatic hydroxyl groups is 1. The molecule has 7 nitrogen and oxygen atoms in total. The highest BCUT2D eigenvalue weighted by Crippen LogP contribution is 2.23. The number of benzene rings is 1. The molecule has 0 radical (unpaired) electrons. The maximum absolute atomic E-state index is 12.1. The summed E-state index contributed by atoms with van der Waals surface area (Å²) in [5, 5.41) is 14.6. The molecule has 1 aliphatic rings. The first-order chi connectivity index (χ1) is 11.0. The van der Waals surface area contributed by atoms with Crippen LogP contribution in [0.4, 0.5) is 11.4 Å². The predicted molar refractivity (Wildman–Crippen MR) is 85.6 cm³/mol. The van der Waals surface area contributed by atoms with Crippen molar-refractivity contribution in [1.82, 2.24) is 4.90 Å². The Morgan fingerprint density at radius 3 is 2.65 bits per heavy atom. The summed E-state index contributed by atoms with van der Waals surface area (Å²) in [4.78, 5) is 36.1. The van der Waals surface area contributed by atoms with Crippen molar-refractivity contribution in [2.24, 2.45) is 0 Å². The molecule has 0 atom stereocenters. The number of carbonyl (C=O) groups excluding carboxylic acids is 3. The number of nitrogens with zero attached hydrogens (tertiary/aromatic N) is 1. The van der Waals surface area contributed by atoms with E-state index < -0.39 is 11.8 Å². The third-order valence-corrected chi connectivity index (χ3v) is 3.43. The number of hydrogen-bond acceptors (Lipinski definition) is 5. The van der Waals surface area contributed by atoms with E-state index in [4.69, 9.17) is 5.11 Å². The van der Waals surface area contributed by atoms with Crippen LogP contribution in [0.15, 0.2) is 30.0 Å². The standard InChI is InChI=1S/C16H19N3O4/c1-3-14(21)17-11-4-5-12(10(2)8-11)18-13-9-15(22)19(6-7-20)16(13)23/h4-5,8-9,18,20H,3,6-7H2,1-2H3,(H,17,21). The number of anilines is 2. The average Bonchev–Trinajstić information content (AvgIpc) is 2.78. The Morgan fingerprint density at radius 2 is 2.04 bits per heavy atom. The fraction of sp³-hybridized carbons (Fsp3) is 0.312. The zero-order chi connectivity index (χ0) is 17.0. The molecule has 0 aliphatic carbocycles. The van der Waals surface area contributed by atoms with Gasteiger partial charge in [0.05, 0.1) is 13.2 Å². The number of nitrogens with one attached hydrogen (secondary N) is 2. The third kappa shape index (κ3) is 3.75. The summed E-state index contributed by atoms with van der Waals surface area (Å²) >= 11 is 0. The molecule has 0 aromatic heterocycles. The molecule has 2 rings (SSSR count). The molecular formula is C16H19N3O4. The van der Waals surface area contributed by atoms with Crippen LogP contribution in [0, 0.1) is 6.92 Å². The molecule has 0 saturated carbocycles. The molecule has 0 unspecified atom stereocenters. The first kappa shape index (κ1) is 16.7. The fourth-order valence-corrected chi connectivity index (χ4v) is 2.19. The summed E-state index contributed by atoms with van der Waals surface area (Å²) in [6, 6.07) is 5.23. The molecule has 122 valence electrons. The van der Waals surface area contributed by atoms with E-state index in [-0.39, 0.29) is 24.8 Å². The van der Waals surface area contributed by atoms with Crippen LogP contribution in [0.1, 0.15) is 18.9 Å². The molecule has 3 N–H and O–H groups in total. The van der Waals surface area contributed by atoms with Crippen molar-refractivity contribution in [3.8, 4) is 0 Å². The summed E-state index contributed by atoms with van der Waals surface area (Å²) in [5.41, 5.74) is 2.32. The summed E-state index contributed by atoms with van der Waals surface area (Å²) in [5.74, 6) is -0.994. The Bertz CT molecular complexity index is 682. The highest BCUT2D eigenvalue weighted by molar-refractivity contribution is 6.17. The Balaban J connectivity index is 2.12. The van der Waals surface area contributed by atoms with Crippen molar-refractivity contribution in [2.45, 2.75) is 20.3 Å². The molecule has 0 saturated heterocycles. The van der Waals surface area contributed by atoms with Crippen LogP contribution < -0.4 is 10.6 Å². The lowest BCUT2D eigenvalue weighted by molar-refractivity contribution is -0.137. The molecule has 0 spiro atoms. The van der Waals surface area contributed by atoms with Gasteiger partial charge in [-0.25, -0.2) is 0 Å². The molecule has 23 heavy (non-hydrogen) atoms. The average molecular weight is 317 g/mol. The van der Waals surface area contributed by atoms with Crippen molar-refractivity contribution in [1.29, 1.82) is 0 Å². The van der Waals surface area contributed by atoms with Gasteiger partial charge in [-0.15, -0.1) is 0 Å². The van der Waals surface area contributed by atoms with Crippen LogP contribution in [-0.4, -0.2) is 40.9 Å². The van der Waals surface area contributed by atoms with Gasteiger partial charge in [0.15, 0.2) is 0 Å². The molecule has 1 aliphatic heterocycles. The van der Waals surface area contributed by atoms with E-state index in [0.717, 1.165) is 10.5 Å². The zero-order valence-electron chi connectivity index (χ0n) is 13.0. The molecule has 1 aromatic rings. The first-order valence-corrected chi connectivity index (χ1v) is 7.32. The van der Waals surface area contributed by atoms with Crippen molar-refractivity contribution >= 4 is 29.1 Å². The largest absolute Gasteiger partial charge is 0.395 e. The second-order valence-corrected chi connectivity index (χ2v) is 5.13. The number of aryl methyl sites for hydroxylation is 1. The van der Waals surface area contributed by atoms with Crippen LogP contribution in [0.5, 0.6) is 0 Å². The third-order valence-electron chi connectivity index (χ3n) is 3.43. The molecule has 0 bridgehead atoms. The van der Waals surface area contributed by atoms with E-state index in [2.05, 4.69) is 10.6 Å². The van der Waals surface area contributed by atoms with E-state index in [9.17, 15) is 14.4 Å². The van der Waals surface area contributed by atoms with Crippen molar-refractivity contribution in [2.75, 3.05) is 23.8 Å². The van der Waals surface area contributed by atoms with E-state index in [1.54, 1.807) is 25.1 Å². The van der Waals surface area contributed by atoms with E-state index >= 15 is 0 Å². The number of amides is 3. The normalized spacial score (nSPS) is 14.0. The van der Waals surface area contributed by atoms with Crippen LogP contribution in [0.25, 0.3) is 0 Å². The predicted octanol–water partition coefficient (Wildman–Crippen LogP) is 1.00. The zero-order valence-corrected chi connectivity index (χ0v) is 13.0. The van der Waals surface area contributed by atoms with Gasteiger partial charge in [-0.1, -0.05) is 6.92 Å². The van der Waals surface area contributed by atoms with Crippen molar-refractivity contribution in [3.05, 3.63) is 35.5 Å². The number of imide groups is 1. The lowest BCUT2D eigenvalue weighted by atomic mass is 10.1. The minimum atomic E-state index is -0.466. The second kappa shape index (κ2) is 7.06. The van der Waals surface area contributed by atoms with Crippen LogP contribution in [0.2, 0.25) is 0 Å². The fourth-order valence-electron chi connectivity index (χ4n) is 2.19. The maximum atomic E-state index is 12.1. The Labute approximate surface area is 134 Å². The Kier molecular flexibility index (Phi) is 5.13. The number of carbonyl (C=O) groups is 3. The van der Waals surface area contributed by atoms with E-state index in [0.29, 0.717) is 17.8 Å². The maximum Gasteiger partial charge on any atom is 0.277 e. The lowest BCUT2D eigenvalue weighted by Gasteiger charge is -2.15. The van der Waals surface area contributed by atoms with Gasteiger partial charge < -0.3 is 15.7 Å². The van der Waals surface area contributed by atoms with Gasteiger partial charge >= 0.3 is 0 Å². The first-order valence-electron chi connectivity index (χ1n) is 7.32. The summed E-state index contributed by atoms with van der Waals surface area (Å²) in [7, 11) is 0.